The Morgan fingerprint density at radius 1 is 0.324 bits per heavy atom. The van der Waals surface area contributed by atoms with Crippen molar-refractivity contribution < 1.29 is 9.29 Å². The molecule has 0 aliphatic carbocycles. The highest BCUT2D eigenvalue weighted by Crippen LogP contribution is 2.13. The molecule has 0 amide bonds. The normalized spacial score (nSPS) is 12.0. The number of rotatable bonds is 24. The fourth-order valence-electron chi connectivity index (χ4n) is 4.31. The molecular weight excluding hydrogens is 420 g/mol. The number of quaternary nitrogens is 2. The molecule has 0 aliphatic rings. The minimum Gasteiger partial charge on any atom is -0.633 e. The van der Waals surface area contributed by atoms with E-state index in [-0.39, 0.29) is 9.29 Å². The first-order valence-corrected chi connectivity index (χ1v) is 15.2. The first kappa shape index (κ1) is 36.0. The summed E-state index contributed by atoms with van der Waals surface area (Å²) in [5, 5.41) is 22.6. The number of unbranched alkanes of at least 4 members (excludes halogenated alkanes) is 20. The molecule has 0 spiro atoms. The lowest BCUT2D eigenvalue weighted by atomic mass is 10.1. The first-order valence-electron chi connectivity index (χ1n) is 15.2. The maximum absolute atomic E-state index is 11.3. The molecule has 0 rings (SSSR count). The molecule has 0 heterocycles. The minimum absolute atomic E-state index is 0.127. The summed E-state index contributed by atoms with van der Waals surface area (Å²) < 4.78 is -0.255. The van der Waals surface area contributed by atoms with E-state index in [4.69, 9.17) is 0 Å². The Labute approximate surface area is 216 Å². The fourth-order valence-corrected chi connectivity index (χ4v) is 4.31. The van der Waals surface area contributed by atoms with E-state index in [2.05, 4.69) is 13.8 Å². The molecule has 0 bridgehead atoms. The summed E-state index contributed by atoms with van der Waals surface area (Å²) in [6, 6.07) is 0. The Morgan fingerprint density at radius 3 is 0.676 bits per heavy atom. The van der Waals surface area contributed by atoms with Gasteiger partial charge < -0.3 is 19.7 Å². The lowest BCUT2D eigenvalue weighted by Gasteiger charge is -2.33. The van der Waals surface area contributed by atoms with E-state index in [0.717, 1.165) is 25.9 Å². The summed E-state index contributed by atoms with van der Waals surface area (Å²) in [6.45, 7) is 6.08. The zero-order valence-electron chi connectivity index (χ0n) is 24.7. The van der Waals surface area contributed by atoms with Gasteiger partial charge in [0.2, 0.25) is 0 Å². The van der Waals surface area contributed by atoms with Gasteiger partial charge in [0.25, 0.3) is 0 Å². The van der Waals surface area contributed by atoms with Crippen LogP contribution >= 0.6 is 0 Å². The van der Waals surface area contributed by atoms with Crippen LogP contribution in [-0.2, 0) is 0 Å². The average molecular weight is 487 g/mol. The van der Waals surface area contributed by atoms with Crippen LogP contribution in [0.15, 0.2) is 0 Å². The second-order valence-corrected chi connectivity index (χ2v) is 11.7. The molecule has 208 valence electrons. The second kappa shape index (κ2) is 25.9. The van der Waals surface area contributed by atoms with Crippen molar-refractivity contribution in [2.24, 2.45) is 0 Å². The third-order valence-electron chi connectivity index (χ3n) is 6.60. The molecule has 0 aromatic heterocycles. The summed E-state index contributed by atoms with van der Waals surface area (Å²) in [4.78, 5) is 0. The molecule has 0 saturated heterocycles. The Balaban J connectivity index is 0. The van der Waals surface area contributed by atoms with E-state index < -0.39 is 0 Å². The van der Waals surface area contributed by atoms with E-state index in [0.29, 0.717) is 0 Å². The molecule has 0 unspecified atom stereocenters. The molecule has 0 atom stereocenters. The van der Waals surface area contributed by atoms with Crippen molar-refractivity contribution in [3.05, 3.63) is 10.4 Å². The molecule has 0 saturated carbocycles. The van der Waals surface area contributed by atoms with Crippen molar-refractivity contribution >= 4 is 0 Å². The Hall–Kier alpha value is -0.160. The van der Waals surface area contributed by atoms with Crippen LogP contribution in [0.1, 0.15) is 155 Å². The standard InChI is InChI=1S/C16H35NO.C14H31NO/c1-4-5-6-7-8-9-10-11-12-13-14-15-16-17(2,3)18;1-4-5-6-7-8-9-10-11-12-13-14-15(2,3)16/h4-16H2,1-3H3;4-14H2,1-3H3. The topological polar surface area (TPSA) is 46.1 Å². The third kappa shape index (κ3) is 39.1. The molecular formula is C30H66N2O2. The Kier molecular flexibility index (Phi) is 27.4. The zero-order chi connectivity index (χ0) is 26.0. The predicted molar refractivity (Wildman–Crippen MR) is 154 cm³/mol. The van der Waals surface area contributed by atoms with Gasteiger partial charge in [-0.3, -0.25) is 0 Å². The van der Waals surface area contributed by atoms with E-state index >= 15 is 0 Å². The maximum Gasteiger partial charge on any atom is 0.0779 e. The quantitative estimate of drug-likeness (QED) is 0.0774. The predicted octanol–water partition coefficient (Wildman–Crippen LogP) is 9.74. The van der Waals surface area contributed by atoms with Gasteiger partial charge in [0.05, 0.1) is 41.3 Å². The lowest BCUT2D eigenvalue weighted by Crippen LogP contribution is -2.32. The number of hydrogen-bond donors (Lipinski definition) is 0. The molecule has 0 radical (unpaired) electrons. The van der Waals surface area contributed by atoms with E-state index in [9.17, 15) is 10.4 Å². The third-order valence-corrected chi connectivity index (χ3v) is 6.60. The van der Waals surface area contributed by atoms with Crippen LogP contribution in [0.4, 0.5) is 0 Å². The maximum atomic E-state index is 11.3. The monoisotopic (exact) mass is 487 g/mol. The molecule has 4 heteroatoms. The lowest BCUT2D eigenvalue weighted by molar-refractivity contribution is -0.840. The van der Waals surface area contributed by atoms with Crippen molar-refractivity contribution in [3.63, 3.8) is 0 Å². The van der Waals surface area contributed by atoms with Gasteiger partial charge >= 0.3 is 0 Å². The van der Waals surface area contributed by atoms with Gasteiger partial charge in [-0.15, -0.1) is 0 Å². The van der Waals surface area contributed by atoms with E-state index in [1.807, 2.05) is 0 Å². The number of nitrogens with zero attached hydrogens (tertiary/aromatic N) is 2. The molecule has 0 aromatic rings. The summed E-state index contributed by atoms with van der Waals surface area (Å²) in [5.41, 5.74) is 0. The number of hydroxylamine groups is 6. The van der Waals surface area contributed by atoms with Gasteiger partial charge in [-0.25, -0.2) is 0 Å². The van der Waals surface area contributed by atoms with Crippen molar-refractivity contribution in [3.8, 4) is 0 Å². The summed E-state index contributed by atoms with van der Waals surface area (Å²) in [7, 11) is 6.93. The SMILES string of the molecule is CCCCCCCCCCCCCC[N+](C)(C)[O-].CCCCCCCCCCCC[N+](C)(C)[O-]. The van der Waals surface area contributed by atoms with Crippen LogP contribution in [0, 0.1) is 10.4 Å². The van der Waals surface area contributed by atoms with Gasteiger partial charge in [0.1, 0.15) is 0 Å². The van der Waals surface area contributed by atoms with Crippen molar-refractivity contribution in [2.75, 3.05) is 41.3 Å². The largest absolute Gasteiger partial charge is 0.633 e. The van der Waals surface area contributed by atoms with E-state index in [1.165, 1.54) is 128 Å². The van der Waals surface area contributed by atoms with Gasteiger partial charge in [-0.05, 0) is 25.7 Å². The van der Waals surface area contributed by atoms with Crippen LogP contribution in [0.5, 0.6) is 0 Å². The van der Waals surface area contributed by atoms with Crippen LogP contribution in [0.3, 0.4) is 0 Å². The van der Waals surface area contributed by atoms with Gasteiger partial charge in [0.15, 0.2) is 0 Å². The molecule has 0 aromatic carbocycles. The summed E-state index contributed by atoms with van der Waals surface area (Å²) >= 11 is 0. The minimum atomic E-state index is -0.128. The Bertz CT molecular complexity index is 375. The van der Waals surface area contributed by atoms with E-state index in [1.54, 1.807) is 28.2 Å². The smallest absolute Gasteiger partial charge is 0.0779 e. The number of hydrogen-bond acceptors (Lipinski definition) is 2. The van der Waals surface area contributed by atoms with Crippen molar-refractivity contribution in [1.29, 1.82) is 0 Å². The zero-order valence-corrected chi connectivity index (χ0v) is 24.7. The molecule has 0 aliphatic heterocycles. The first-order chi connectivity index (χ1) is 16.1. The van der Waals surface area contributed by atoms with Gasteiger partial charge in [-0.2, -0.15) is 0 Å². The fraction of sp³-hybridized carbons (Fsp3) is 1.00. The van der Waals surface area contributed by atoms with Gasteiger partial charge in [-0.1, -0.05) is 129 Å². The van der Waals surface area contributed by atoms with Crippen LogP contribution in [-0.4, -0.2) is 50.6 Å². The highest BCUT2D eigenvalue weighted by Gasteiger charge is 2.01. The van der Waals surface area contributed by atoms with Crippen molar-refractivity contribution in [2.45, 2.75) is 155 Å². The van der Waals surface area contributed by atoms with Crippen molar-refractivity contribution in [1.82, 2.24) is 0 Å². The average Bonchev–Trinajstić information content (AvgIpc) is 2.75. The highest BCUT2D eigenvalue weighted by atomic mass is 16.5. The van der Waals surface area contributed by atoms with Gasteiger partial charge in [0, 0.05) is 0 Å². The Morgan fingerprint density at radius 2 is 0.500 bits per heavy atom. The molecule has 4 nitrogen and oxygen atoms in total. The molecule has 0 N–H and O–H groups in total. The van der Waals surface area contributed by atoms with Crippen LogP contribution in [0.2, 0.25) is 0 Å². The second-order valence-electron chi connectivity index (χ2n) is 11.7. The highest BCUT2D eigenvalue weighted by molar-refractivity contribution is 4.49. The summed E-state index contributed by atoms with van der Waals surface area (Å²) in [6.07, 6.45) is 29.6. The van der Waals surface area contributed by atoms with Crippen LogP contribution in [0.25, 0.3) is 0 Å². The molecule has 34 heavy (non-hydrogen) atoms. The van der Waals surface area contributed by atoms with Crippen LogP contribution < -0.4 is 0 Å². The molecule has 0 fully saturated rings. The summed E-state index contributed by atoms with van der Waals surface area (Å²) in [5.74, 6) is 0.